The van der Waals surface area contributed by atoms with E-state index in [-0.39, 0.29) is 5.91 Å². The number of para-hydroxylation sites is 1. The Morgan fingerprint density at radius 2 is 1.93 bits per heavy atom. The van der Waals surface area contributed by atoms with E-state index in [0.717, 1.165) is 16.8 Å². The zero-order valence-corrected chi connectivity index (χ0v) is 15.6. The molecule has 1 amide bonds. The molecule has 0 spiro atoms. The molecule has 1 N–H and O–H groups in total. The zero-order chi connectivity index (χ0) is 19.2. The molecule has 0 unspecified atom stereocenters. The number of carbonyl (C=O) groups is 1. The molecule has 0 aliphatic rings. The normalized spacial score (nSPS) is 12.5. The number of rotatable bonds is 6. The van der Waals surface area contributed by atoms with E-state index in [2.05, 4.69) is 15.5 Å². The predicted molar refractivity (Wildman–Crippen MR) is 105 cm³/mol. The number of ether oxygens (including phenoxy) is 1. The summed E-state index contributed by atoms with van der Waals surface area (Å²) in [5, 5.41) is 4.19. The van der Waals surface area contributed by atoms with Crippen LogP contribution in [-0.4, -0.2) is 27.3 Å². The van der Waals surface area contributed by atoms with Crippen molar-refractivity contribution in [1.82, 2.24) is 15.0 Å². The van der Waals surface area contributed by atoms with Gasteiger partial charge in [-0.25, -0.2) is 10.4 Å². The lowest BCUT2D eigenvalue weighted by molar-refractivity contribution is -0.127. The standard InChI is InChI=1S/C21H22N4O2/c1-15-6-4-5-7-20(15)27-17(3)21(26)24-23-16(2)18-8-10-19(11-9-18)25-13-12-22-14-25/h4-14,17H,1-3H3,(H,24,26)/b23-16-/t17-/m0/s1. The summed E-state index contributed by atoms with van der Waals surface area (Å²) >= 11 is 0. The molecule has 1 atom stereocenters. The van der Waals surface area contributed by atoms with Crippen molar-refractivity contribution in [3.63, 3.8) is 0 Å². The minimum absolute atomic E-state index is 0.298. The SMILES string of the molecule is C/C(=N/NC(=O)[C@H](C)Oc1ccccc1C)c1ccc(-n2ccnc2)cc1. The molecule has 3 aromatic rings. The first-order valence-electron chi connectivity index (χ1n) is 8.70. The quantitative estimate of drug-likeness (QED) is 0.539. The molecular weight excluding hydrogens is 340 g/mol. The summed E-state index contributed by atoms with van der Waals surface area (Å²) in [4.78, 5) is 16.3. The van der Waals surface area contributed by atoms with Crippen molar-refractivity contribution in [2.75, 3.05) is 0 Å². The highest BCUT2D eigenvalue weighted by Crippen LogP contribution is 2.17. The Morgan fingerprint density at radius 1 is 1.19 bits per heavy atom. The number of hydrazone groups is 1. The second-order valence-corrected chi connectivity index (χ2v) is 6.22. The van der Waals surface area contributed by atoms with Crippen LogP contribution >= 0.6 is 0 Å². The van der Waals surface area contributed by atoms with Crippen LogP contribution in [0, 0.1) is 6.92 Å². The van der Waals surface area contributed by atoms with Crippen LogP contribution in [0.4, 0.5) is 0 Å². The smallest absolute Gasteiger partial charge is 0.280 e. The second-order valence-electron chi connectivity index (χ2n) is 6.22. The van der Waals surface area contributed by atoms with Crippen molar-refractivity contribution in [3.05, 3.63) is 78.4 Å². The largest absolute Gasteiger partial charge is 0.481 e. The number of nitrogens with zero attached hydrogens (tertiary/aromatic N) is 3. The third-order valence-corrected chi connectivity index (χ3v) is 4.19. The maximum atomic E-state index is 12.3. The van der Waals surface area contributed by atoms with Crippen molar-refractivity contribution in [2.24, 2.45) is 5.10 Å². The number of amides is 1. The van der Waals surface area contributed by atoms with Crippen LogP contribution in [0.25, 0.3) is 5.69 Å². The third kappa shape index (κ3) is 4.61. The van der Waals surface area contributed by atoms with E-state index >= 15 is 0 Å². The molecule has 1 heterocycles. The molecule has 0 radical (unpaired) electrons. The first kappa shape index (κ1) is 18.4. The van der Waals surface area contributed by atoms with Gasteiger partial charge in [-0.2, -0.15) is 5.10 Å². The van der Waals surface area contributed by atoms with Gasteiger partial charge in [0.25, 0.3) is 5.91 Å². The fourth-order valence-corrected chi connectivity index (χ4v) is 2.51. The molecule has 0 aliphatic heterocycles. The number of hydrogen-bond acceptors (Lipinski definition) is 4. The highest BCUT2D eigenvalue weighted by Gasteiger charge is 2.15. The van der Waals surface area contributed by atoms with Gasteiger partial charge in [0, 0.05) is 18.1 Å². The van der Waals surface area contributed by atoms with E-state index in [0.29, 0.717) is 11.5 Å². The van der Waals surface area contributed by atoms with Crippen LogP contribution < -0.4 is 10.2 Å². The summed E-state index contributed by atoms with van der Waals surface area (Å²) in [7, 11) is 0. The first-order chi connectivity index (χ1) is 13.0. The number of carbonyl (C=O) groups excluding carboxylic acids is 1. The summed E-state index contributed by atoms with van der Waals surface area (Å²) in [5.74, 6) is 0.392. The summed E-state index contributed by atoms with van der Waals surface area (Å²) < 4.78 is 7.63. The summed E-state index contributed by atoms with van der Waals surface area (Å²) in [5.41, 5.74) is 6.19. The minimum Gasteiger partial charge on any atom is -0.481 e. The number of imidazole rings is 1. The maximum absolute atomic E-state index is 12.3. The topological polar surface area (TPSA) is 68.5 Å². The molecule has 0 saturated carbocycles. The van der Waals surface area contributed by atoms with Crippen molar-refractivity contribution >= 4 is 11.6 Å². The number of benzene rings is 2. The molecule has 1 aromatic heterocycles. The molecule has 0 aliphatic carbocycles. The first-order valence-corrected chi connectivity index (χ1v) is 8.70. The van der Waals surface area contributed by atoms with E-state index < -0.39 is 6.10 Å². The van der Waals surface area contributed by atoms with E-state index in [4.69, 9.17) is 4.74 Å². The fraction of sp³-hybridized carbons (Fsp3) is 0.190. The van der Waals surface area contributed by atoms with Gasteiger partial charge in [0.15, 0.2) is 6.10 Å². The lowest BCUT2D eigenvalue weighted by Crippen LogP contribution is -2.34. The maximum Gasteiger partial charge on any atom is 0.280 e. The molecule has 138 valence electrons. The number of nitrogens with one attached hydrogen (secondary N) is 1. The molecule has 0 saturated heterocycles. The molecule has 27 heavy (non-hydrogen) atoms. The Kier molecular flexibility index (Phi) is 5.66. The Hall–Kier alpha value is -3.41. The van der Waals surface area contributed by atoms with Gasteiger partial charge < -0.3 is 9.30 Å². The van der Waals surface area contributed by atoms with E-state index in [9.17, 15) is 4.79 Å². The van der Waals surface area contributed by atoms with Gasteiger partial charge >= 0.3 is 0 Å². The molecule has 2 aromatic carbocycles. The third-order valence-electron chi connectivity index (χ3n) is 4.19. The zero-order valence-electron chi connectivity index (χ0n) is 15.6. The molecule has 0 bridgehead atoms. The van der Waals surface area contributed by atoms with E-state index in [1.165, 1.54) is 0 Å². The summed E-state index contributed by atoms with van der Waals surface area (Å²) in [6.07, 6.45) is 4.71. The van der Waals surface area contributed by atoms with Crippen LogP contribution in [-0.2, 0) is 4.79 Å². The van der Waals surface area contributed by atoms with Gasteiger partial charge in [-0.3, -0.25) is 4.79 Å². The fourth-order valence-electron chi connectivity index (χ4n) is 2.51. The van der Waals surface area contributed by atoms with Crippen LogP contribution in [0.2, 0.25) is 0 Å². The molecule has 6 heteroatoms. The van der Waals surface area contributed by atoms with Gasteiger partial charge in [-0.15, -0.1) is 0 Å². The lowest BCUT2D eigenvalue weighted by atomic mass is 10.1. The predicted octanol–water partition coefficient (Wildman–Crippen LogP) is 3.49. The average Bonchev–Trinajstić information content (AvgIpc) is 3.22. The Labute approximate surface area is 158 Å². The monoisotopic (exact) mass is 362 g/mol. The molecule has 6 nitrogen and oxygen atoms in total. The Bertz CT molecular complexity index is 931. The van der Waals surface area contributed by atoms with Crippen molar-refractivity contribution in [3.8, 4) is 11.4 Å². The summed E-state index contributed by atoms with van der Waals surface area (Å²) in [6.45, 7) is 5.49. The highest BCUT2D eigenvalue weighted by atomic mass is 16.5. The molecule has 3 rings (SSSR count). The van der Waals surface area contributed by atoms with Crippen LogP contribution in [0.15, 0.2) is 72.4 Å². The Morgan fingerprint density at radius 3 is 2.59 bits per heavy atom. The van der Waals surface area contributed by atoms with Gasteiger partial charge in [-0.1, -0.05) is 30.3 Å². The van der Waals surface area contributed by atoms with Gasteiger partial charge in [-0.05, 0) is 50.1 Å². The lowest BCUT2D eigenvalue weighted by Gasteiger charge is -2.15. The van der Waals surface area contributed by atoms with Crippen LogP contribution in [0.5, 0.6) is 5.75 Å². The van der Waals surface area contributed by atoms with Crippen LogP contribution in [0.1, 0.15) is 25.0 Å². The average molecular weight is 362 g/mol. The Balaban J connectivity index is 1.61. The van der Waals surface area contributed by atoms with Crippen molar-refractivity contribution in [2.45, 2.75) is 26.9 Å². The van der Waals surface area contributed by atoms with Gasteiger partial charge in [0.1, 0.15) is 5.75 Å². The number of aromatic nitrogens is 2. The second kappa shape index (κ2) is 8.31. The minimum atomic E-state index is -0.647. The van der Waals surface area contributed by atoms with Crippen LogP contribution in [0.3, 0.4) is 0 Å². The number of hydrogen-bond donors (Lipinski definition) is 1. The highest BCUT2D eigenvalue weighted by molar-refractivity contribution is 5.99. The number of aryl methyl sites for hydroxylation is 1. The van der Waals surface area contributed by atoms with Gasteiger partial charge in [0.2, 0.25) is 0 Å². The van der Waals surface area contributed by atoms with E-state index in [1.807, 2.05) is 73.1 Å². The van der Waals surface area contributed by atoms with Gasteiger partial charge in [0.05, 0.1) is 12.0 Å². The van der Waals surface area contributed by atoms with E-state index in [1.54, 1.807) is 19.4 Å². The summed E-state index contributed by atoms with van der Waals surface area (Å²) in [6, 6.07) is 15.4. The molecular formula is C21H22N4O2. The molecule has 0 fully saturated rings. The van der Waals surface area contributed by atoms with Crippen molar-refractivity contribution in [1.29, 1.82) is 0 Å². The van der Waals surface area contributed by atoms with Crippen molar-refractivity contribution < 1.29 is 9.53 Å².